The number of Topliss-reactive ketones (excluding diaryl/α,β-unsaturated/α-hetero) is 1. The van der Waals surface area contributed by atoms with Crippen LogP contribution in [0.5, 0.6) is 5.75 Å². The van der Waals surface area contributed by atoms with Crippen LogP contribution < -0.4 is 15.4 Å². The molecule has 0 saturated carbocycles. The van der Waals surface area contributed by atoms with Crippen LogP contribution in [0.4, 0.5) is 0 Å². The number of fused-ring (bicyclic) bond motifs is 3. The largest absolute Gasteiger partial charge is 0.493 e. The Morgan fingerprint density at radius 1 is 1.04 bits per heavy atom. The number of carbonyl (C=O) groups excluding carboxylic acids is 1. The number of hydrogen-bond acceptors (Lipinski definition) is 6. The highest BCUT2D eigenvalue weighted by atomic mass is 32.1. The highest BCUT2D eigenvalue weighted by molar-refractivity contribution is 7.80. The molecule has 0 bridgehead atoms. The Balaban J connectivity index is 1.59. The van der Waals surface area contributed by atoms with Crippen LogP contribution in [0, 0.1) is 5.92 Å². The van der Waals surface area contributed by atoms with Crippen molar-refractivity contribution in [3.8, 4) is 5.75 Å². The van der Waals surface area contributed by atoms with Crippen molar-refractivity contribution < 1.29 is 14.3 Å². The lowest BCUT2D eigenvalue weighted by molar-refractivity contribution is 0.0837. The molecule has 0 radical (unpaired) electrons. The summed E-state index contributed by atoms with van der Waals surface area (Å²) in [6.45, 7) is 1.27. The van der Waals surface area contributed by atoms with Gasteiger partial charge in [-0.3, -0.25) is 15.4 Å². The fourth-order valence-corrected chi connectivity index (χ4v) is 4.36. The summed E-state index contributed by atoms with van der Waals surface area (Å²) in [5.41, 5.74) is 2.71. The van der Waals surface area contributed by atoms with Gasteiger partial charge in [-0.15, -0.1) is 12.6 Å². The second kappa shape index (κ2) is 8.02. The molecule has 2 aromatic rings. The Kier molecular flexibility index (Phi) is 5.50. The minimum Gasteiger partial charge on any atom is -0.493 e. The molecule has 4 atom stereocenters. The fraction of sp³-hybridized carbons (Fsp3) is 0.381. The van der Waals surface area contributed by atoms with Crippen molar-refractivity contribution in [3.63, 3.8) is 0 Å². The van der Waals surface area contributed by atoms with Crippen molar-refractivity contribution in [2.24, 2.45) is 5.92 Å². The molecule has 4 unspecified atom stereocenters. The molecule has 0 amide bonds. The third kappa shape index (κ3) is 3.62. The number of rotatable bonds is 6. The zero-order valence-corrected chi connectivity index (χ0v) is 16.1. The van der Waals surface area contributed by atoms with Crippen molar-refractivity contribution in [3.05, 3.63) is 65.2 Å². The predicted molar refractivity (Wildman–Crippen MR) is 107 cm³/mol. The molecule has 1 aliphatic heterocycles. The van der Waals surface area contributed by atoms with Gasteiger partial charge in [0.1, 0.15) is 11.2 Å². The third-order valence-electron chi connectivity index (χ3n) is 5.24. The van der Waals surface area contributed by atoms with Gasteiger partial charge in [-0.05, 0) is 23.3 Å². The van der Waals surface area contributed by atoms with E-state index < -0.39 is 0 Å². The van der Waals surface area contributed by atoms with Crippen molar-refractivity contribution >= 4 is 18.4 Å². The van der Waals surface area contributed by atoms with E-state index in [9.17, 15) is 4.79 Å². The Labute approximate surface area is 164 Å². The number of ketones is 1. The van der Waals surface area contributed by atoms with E-state index in [4.69, 9.17) is 9.47 Å². The van der Waals surface area contributed by atoms with Crippen LogP contribution in [-0.4, -0.2) is 31.6 Å². The zero-order valence-electron chi connectivity index (χ0n) is 15.2. The molecule has 1 saturated heterocycles. The topological polar surface area (TPSA) is 59.6 Å². The molecule has 27 heavy (non-hydrogen) atoms. The quantitative estimate of drug-likeness (QED) is 0.528. The van der Waals surface area contributed by atoms with Gasteiger partial charge in [0.25, 0.3) is 0 Å². The summed E-state index contributed by atoms with van der Waals surface area (Å²) in [6.07, 6.45) is 0.837. The maximum atomic E-state index is 13.1. The second-order valence-electron chi connectivity index (χ2n) is 6.94. The van der Waals surface area contributed by atoms with Gasteiger partial charge >= 0.3 is 0 Å². The van der Waals surface area contributed by atoms with E-state index in [1.54, 1.807) is 7.11 Å². The first-order valence-electron chi connectivity index (χ1n) is 9.24. The maximum Gasteiger partial charge on any atom is 0.170 e. The predicted octanol–water partition coefficient (Wildman–Crippen LogP) is 3.10. The number of hydrogen-bond donors (Lipinski definition) is 3. The number of nitrogens with one attached hydrogen (secondary N) is 2. The third-order valence-corrected chi connectivity index (χ3v) is 5.53. The number of carbonyl (C=O) groups is 1. The molecular formula is C21H24N2O3S. The Morgan fingerprint density at radius 2 is 1.85 bits per heavy atom. The second-order valence-corrected chi connectivity index (χ2v) is 7.45. The molecule has 1 aliphatic carbocycles. The molecule has 1 fully saturated rings. The summed E-state index contributed by atoms with van der Waals surface area (Å²) < 4.78 is 10.9. The van der Waals surface area contributed by atoms with Crippen LogP contribution >= 0.6 is 12.6 Å². The Bertz CT molecular complexity index is 829. The van der Waals surface area contributed by atoms with Gasteiger partial charge < -0.3 is 9.47 Å². The average molecular weight is 385 g/mol. The van der Waals surface area contributed by atoms with Gasteiger partial charge in [0, 0.05) is 37.8 Å². The molecule has 2 N–H and O–H groups in total. The van der Waals surface area contributed by atoms with Crippen LogP contribution in [0.25, 0.3) is 0 Å². The molecule has 2 aliphatic rings. The molecule has 4 rings (SSSR count). The van der Waals surface area contributed by atoms with Gasteiger partial charge in [-0.1, -0.05) is 36.4 Å². The van der Waals surface area contributed by atoms with Crippen molar-refractivity contribution in [2.75, 3.05) is 20.3 Å². The van der Waals surface area contributed by atoms with Crippen LogP contribution in [0.15, 0.2) is 48.5 Å². The molecule has 0 aromatic heterocycles. The van der Waals surface area contributed by atoms with E-state index in [0.29, 0.717) is 13.2 Å². The molecular weight excluding hydrogens is 360 g/mol. The normalized spacial score (nSPS) is 26.5. The molecule has 6 heteroatoms. The summed E-state index contributed by atoms with van der Waals surface area (Å²) in [5, 5.41) is 6.84. The van der Waals surface area contributed by atoms with E-state index >= 15 is 0 Å². The van der Waals surface area contributed by atoms with Crippen LogP contribution in [0.1, 0.15) is 40.0 Å². The van der Waals surface area contributed by atoms with E-state index in [-0.39, 0.29) is 29.3 Å². The van der Waals surface area contributed by atoms with E-state index in [2.05, 4.69) is 23.3 Å². The summed E-state index contributed by atoms with van der Waals surface area (Å²) in [4.78, 5) is 13.1. The molecule has 0 spiro atoms. The Morgan fingerprint density at radius 3 is 2.70 bits per heavy atom. The smallest absolute Gasteiger partial charge is 0.170 e. The molecule has 2 aromatic carbocycles. The summed E-state index contributed by atoms with van der Waals surface area (Å²) in [6, 6.07) is 15.7. The molecule has 1 heterocycles. The lowest BCUT2D eigenvalue weighted by Crippen LogP contribution is -2.53. The monoisotopic (exact) mass is 384 g/mol. The Hall–Kier alpha value is -1.86. The zero-order chi connectivity index (χ0) is 18.8. The van der Waals surface area contributed by atoms with Gasteiger partial charge in [-0.2, -0.15) is 0 Å². The van der Waals surface area contributed by atoms with Crippen LogP contribution in [0.2, 0.25) is 0 Å². The van der Waals surface area contributed by atoms with Crippen LogP contribution in [-0.2, 0) is 4.74 Å². The van der Waals surface area contributed by atoms with Crippen LogP contribution in [0.3, 0.4) is 0 Å². The number of ether oxygens (including phenoxy) is 2. The minimum absolute atomic E-state index is 0.0336. The van der Waals surface area contributed by atoms with Gasteiger partial charge in [0.2, 0.25) is 0 Å². The van der Waals surface area contributed by atoms with E-state index in [1.807, 2.05) is 48.5 Å². The average Bonchev–Trinajstić information content (AvgIpc) is 2.97. The number of benzene rings is 2. The maximum absolute atomic E-state index is 13.1. The SMILES string of the molecule is COCCCOc1cccc(C2NC(S)NC3c4ccccc4C(=O)C23)c1. The van der Waals surface area contributed by atoms with E-state index in [0.717, 1.165) is 28.9 Å². The van der Waals surface area contributed by atoms with Gasteiger partial charge in [0.05, 0.1) is 12.5 Å². The molecule has 5 nitrogen and oxygen atoms in total. The standard InChI is InChI=1S/C21H24N2O3S/c1-25-10-5-11-26-14-7-4-6-13(12-14)18-17-19(23-21(27)22-18)15-8-2-3-9-16(15)20(17)24/h2-4,6-9,12,17-19,21-23,27H,5,10-11H2,1H3. The first kappa shape index (κ1) is 18.5. The summed E-state index contributed by atoms with van der Waals surface area (Å²) >= 11 is 4.60. The number of thiol groups is 1. The van der Waals surface area contributed by atoms with Gasteiger partial charge in [0.15, 0.2) is 5.78 Å². The fourth-order valence-electron chi connectivity index (χ4n) is 4.04. The highest BCUT2D eigenvalue weighted by Crippen LogP contribution is 2.45. The van der Waals surface area contributed by atoms with Crippen molar-refractivity contribution in [2.45, 2.75) is 24.0 Å². The minimum atomic E-state index is -0.199. The van der Waals surface area contributed by atoms with Gasteiger partial charge in [-0.25, -0.2) is 0 Å². The summed E-state index contributed by atoms with van der Waals surface area (Å²) in [5.74, 6) is 0.779. The highest BCUT2D eigenvalue weighted by Gasteiger charge is 2.48. The first-order chi connectivity index (χ1) is 13.2. The van der Waals surface area contributed by atoms with Crippen molar-refractivity contribution in [1.82, 2.24) is 10.6 Å². The van der Waals surface area contributed by atoms with Crippen molar-refractivity contribution in [1.29, 1.82) is 0 Å². The first-order valence-corrected chi connectivity index (χ1v) is 9.75. The van der Waals surface area contributed by atoms with E-state index in [1.165, 1.54) is 0 Å². The lowest BCUT2D eigenvalue weighted by atomic mass is 9.85. The lowest BCUT2D eigenvalue weighted by Gasteiger charge is -2.39. The summed E-state index contributed by atoms with van der Waals surface area (Å²) in [7, 11) is 1.68. The number of methoxy groups -OCH3 is 1. The molecule has 142 valence electrons.